The first-order valence-corrected chi connectivity index (χ1v) is 22.0. The molecular formula is C61H35NO3. The van der Waals surface area contributed by atoms with Gasteiger partial charge in [-0.05, 0) is 118 Å². The summed E-state index contributed by atoms with van der Waals surface area (Å²) < 4.78 is 19.2. The highest BCUT2D eigenvalue weighted by atomic mass is 16.3. The molecule has 0 unspecified atom stereocenters. The van der Waals surface area contributed by atoms with Gasteiger partial charge >= 0.3 is 0 Å². The molecule has 0 amide bonds. The molecule has 14 rings (SSSR count). The minimum Gasteiger partial charge on any atom is -0.456 e. The fourth-order valence-corrected chi connectivity index (χ4v) is 10.2. The summed E-state index contributed by atoms with van der Waals surface area (Å²) in [7, 11) is 0. The second-order valence-corrected chi connectivity index (χ2v) is 17.0. The van der Waals surface area contributed by atoms with Crippen LogP contribution in [0.3, 0.4) is 0 Å². The van der Waals surface area contributed by atoms with Crippen LogP contribution >= 0.6 is 0 Å². The Balaban J connectivity index is 1.01. The van der Waals surface area contributed by atoms with E-state index in [2.05, 4.69) is 182 Å². The summed E-state index contributed by atoms with van der Waals surface area (Å²) in [5, 5.41) is 9.94. The van der Waals surface area contributed by atoms with E-state index in [1.807, 2.05) is 30.3 Å². The molecular weight excluding hydrogens is 795 g/mol. The van der Waals surface area contributed by atoms with Crippen LogP contribution in [0.1, 0.15) is 0 Å². The number of aromatic nitrogens is 1. The smallest absolute Gasteiger partial charge is 0.136 e. The van der Waals surface area contributed by atoms with Crippen molar-refractivity contribution in [3.63, 3.8) is 0 Å². The molecule has 65 heavy (non-hydrogen) atoms. The third kappa shape index (κ3) is 5.61. The number of fused-ring (bicyclic) bond motifs is 12. The summed E-state index contributed by atoms with van der Waals surface area (Å²) in [6.45, 7) is 0. The van der Waals surface area contributed by atoms with Crippen molar-refractivity contribution < 1.29 is 13.3 Å². The molecule has 0 bridgehead atoms. The lowest BCUT2D eigenvalue weighted by Gasteiger charge is -2.16. The van der Waals surface area contributed by atoms with E-state index in [1.165, 1.54) is 0 Å². The van der Waals surface area contributed by atoms with Crippen LogP contribution in [0.4, 0.5) is 0 Å². The Morgan fingerprint density at radius 2 is 0.708 bits per heavy atom. The maximum absolute atomic E-state index is 6.68. The van der Waals surface area contributed by atoms with Crippen molar-refractivity contribution in [2.24, 2.45) is 0 Å². The Morgan fingerprint density at radius 1 is 0.246 bits per heavy atom. The minimum atomic E-state index is 0.842. The lowest BCUT2D eigenvalue weighted by atomic mass is 9.89. The van der Waals surface area contributed by atoms with Gasteiger partial charge in [-0.3, -0.25) is 0 Å². The summed E-state index contributed by atoms with van der Waals surface area (Å²) in [5.41, 5.74) is 17.0. The zero-order valence-corrected chi connectivity index (χ0v) is 34.9. The van der Waals surface area contributed by atoms with Crippen molar-refractivity contribution in [1.82, 2.24) is 4.98 Å². The van der Waals surface area contributed by atoms with E-state index in [9.17, 15) is 0 Å². The van der Waals surface area contributed by atoms with Gasteiger partial charge in [0.1, 0.15) is 33.5 Å². The van der Waals surface area contributed by atoms with Gasteiger partial charge in [0, 0.05) is 59.6 Å². The fraction of sp³-hybridized carbons (Fsp3) is 0. The molecule has 0 saturated heterocycles. The molecule has 0 spiro atoms. The summed E-state index contributed by atoms with van der Waals surface area (Å²) >= 11 is 0. The van der Waals surface area contributed by atoms with E-state index in [0.29, 0.717) is 0 Å². The van der Waals surface area contributed by atoms with Crippen LogP contribution in [0, 0.1) is 0 Å². The van der Waals surface area contributed by atoms with Gasteiger partial charge in [-0.15, -0.1) is 0 Å². The zero-order chi connectivity index (χ0) is 42.6. The van der Waals surface area contributed by atoms with Gasteiger partial charge in [0.2, 0.25) is 0 Å². The average molecular weight is 830 g/mol. The second kappa shape index (κ2) is 13.9. The van der Waals surface area contributed by atoms with E-state index in [1.54, 1.807) is 0 Å². The first kappa shape index (κ1) is 35.8. The molecule has 0 fully saturated rings. The number of hydrogen-bond donors (Lipinski definition) is 0. The molecule has 0 radical (unpaired) electrons. The van der Waals surface area contributed by atoms with Crippen LogP contribution in [-0.2, 0) is 0 Å². The van der Waals surface area contributed by atoms with Crippen molar-refractivity contribution in [2.45, 2.75) is 0 Å². The molecule has 4 heteroatoms. The van der Waals surface area contributed by atoms with Crippen molar-refractivity contribution in [1.29, 1.82) is 0 Å². The Hall–Kier alpha value is -8.73. The summed E-state index contributed by atoms with van der Waals surface area (Å²) in [6.07, 6.45) is 0. The van der Waals surface area contributed by atoms with Crippen LogP contribution in [0.2, 0.25) is 0 Å². The quantitative estimate of drug-likeness (QED) is 0.162. The Labute approximate surface area is 372 Å². The molecule has 0 atom stereocenters. The highest BCUT2D eigenvalue weighted by Gasteiger charge is 2.22. The third-order valence-corrected chi connectivity index (χ3v) is 13.2. The topological polar surface area (TPSA) is 52.3 Å². The highest BCUT2D eigenvalue weighted by Crippen LogP contribution is 2.47. The normalized spacial score (nSPS) is 12.0. The van der Waals surface area contributed by atoms with Gasteiger partial charge in [0.05, 0.1) is 11.2 Å². The number of pyridine rings is 1. The number of para-hydroxylation sites is 4. The monoisotopic (exact) mass is 829 g/mol. The molecule has 14 aromatic rings. The van der Waals surface area contributed by atoms with Crippen LogP contribution in [0.15, 0.2) is 226 Å². The zero-order valence-electron chi connectivity index (χ0n) is 34.9. The molecule has 302 valence electrons. The lowest BCUT2D eigenvalue weighted by molar-refractivity contribution is 0.668. The second-order valence-electron chi connectivity index (χ2n) is 17.0. The standard InChI is InChI=1S/C61H35NO3/c1-2-13-36(14-3-1)58-59-46-19-4-8-21-51(46)62-61(50(59)35-57-60(58)47-20-7-11-24-54(47)65-57)40-16-12-15-37(29-40)41-30-42(38-25-27-55-48(33-38)44-17-5-9-22-52(44)63-55)32-43(31-41)39-26-28-56-49(34-39)45-18-6-10-23-53(45)64-56/h1-35H. The summed E-state index contributed by atoms with van der Waals surface area (Å²) in [5.74, 6) is 0. The van der Waals surface area contributed by atoms with Crippen LogP contribution in [-0.4, -0.2) is 4.98 Å². The van der Waals surface area contributed by atoms with Gasteiger partial charge in [-0.2, -0.15) is 0 Å². The Bertz CT molecular complexity index is 4110. The molecule has 0 aliphatic heterocycles. The molecule has 4 nitrogen and oxygen atoms in total. The molecule has 4 aromatic heterocycles. The predicted molar refractivity (Wildman–Crippen MR) is 268 cm³/mol. The van der Waals surface area contributed by atoms with Gasteiger partial charge in [-0.1, -0.05) is 133 Å². The Kier molecular flexibility index (Phi) is 7.65. The maximum Gasteiger partial charge on any atom is 0.136 e. The minimum absolute atomic E-state index is 0.842. The lowest BCUT2D eigenvalue weighted by Crippen LogP contribution is -1.93. The van der Waals surface area contributed by atoms with Gasteiger partial charge in [-0.25, -0.2) is 4.98 Å². The molecule has 4 heterocycles. The number of rotatable bonds is 5. The first-order chi connectivity index (χ1) is 32.2. The summed E-state index contributed by atoms with van der Waals surface area (Å²) in [6, 6.07) is 75.2. The van der Waals surface area contributed by atoms with Crippen molar-refractivity contribution in [2.75, 3.05) is 0 Å². The highest BCUT2D eigenvalue weighted by molar-refractivity contribution is 6.28. The van der Waals surface area contributed by atoms with Crippen molar-refractivity contribution >= 4 is 87.5 Å². The van der Waals surface area contributed by atoms with E-state index < -0.39 is 0 Å². The predicted octanol–water partition coefficient (Wildman–Crippen LogP) is 17.4. The fourth-order valence-electron chi connectivity index (χ4n) is 10.2. The third-order valence-electron chi connectivity index (χ3n) is 13.2. The van der Waals surface area contributed by atoms with Crippen LogP contribution in [0.5, 0.6) is 0 Å². The molecule has 0 aliphatic rings. The average Bonchev–Trinajstić information content (AvgIpc) is 4.06. The van der Waals surface area contributed by atoms with Gasteiger partial charge < -0.3 is 13.3 Å². The van der Waals surface area contributed by atoms with Crippen LogP contribution < -0.4 is 0 Å². The van der Waals surface area contributed by atoms with Crippen LogP contribution in [0.25, 0.3) is 143 Å². The van der Waals surface area contributed by atoms with E-state index in [4.69, 9.17) is 18.2 Å². The SMILES string of the molecule is c1ccc(-c2c3c(cc4c(-c5cccc(-c6cc(-c7ccc8oc9ccccc9c8c7)cc(-c7ccc8oc9ccccc9c8c7)c6)c5)nc5ccccc5c24)oc2ccccc23)cc1. The van der Waals surface area contributed by atoms with Crippen molar-refractivity contribution in [3.05, 3.63) is 212 Å². The van der Waals surface area contributed by atoms with E-state index in [0.717, 1.165) is 143 Å². The van der Waals surface area contributed by atoms with Gasteiger partial charge in [0.15, 0.2) is 0 Å². The number of benzene rings is 10. The maximum atomic E-state index is 6.68. The largest absolute Gasteiger partial charge is 0.456 e. The molecule has 10 aromatic carbocycles. The summed E-state index contributed by atoms with van der Waals surface area (Å²) in [4.78, 5) is 5.47. The molecule has 0 aliphatic carbocycles. The van der Waals surface area contributed by atoms with E-state index >= 15 is 0 Å². The van der Waals surface area contributed by atoms with Gasteiger partial charge in [0.25, 0.3) is 0 Å². The van der Waals surface area contributed by atoms with E-state index in [-0.39, 0.29) is 0 Å². The molecule has 0 saturated carbocycles. The first-order valence-electron chi connectivity index (χ1n) is 22.0. The Morgan fingerprint density at radius 3 is 1.35 bits per heavy atom. The number of hydrogen-bond acceptors (Lipinski definition) is 4. The number of nitrogens with zero attached hydrogens (tertiary/aromatic N) is 1. The molecule has 0 N–H and O–H groups in total. The van der Waals surface area contributed by atoms with Crippen molar-refractivity contribution in [3.8, 4) is 55.8 Å². The number of furan rings is 3.